The van der Waals surface area contributed by atoms with Crippen molar-refractivity contribution in [2.45, 2.75) is 27.2 Å². The molecule has 2 rings (SSSR count). The van der Waals surface area contributed by atoms with Gasteiger partial charge in [0.15, 0.2) is 5.43 Å². The third-order valence-electron chi connectivity index (χ3n) is 2.84. The second-order valence-corrected chi connectivity index (χ2v) is 3.96. The minimum Gasteiger partial charge on any atom is -0.358 e. The van der Waals surface area contributed by atoms with Crippen molar-refractivity contribution in [2.24, 2.45) is 0 Å². The highest BCUT2D eigenvalue weighted by Crippen LogP contribution is 2.17. The van der Waals surface area contributed by atoms with Crippen molar-refractivity contribution in [3.63, 3.8) is 0 Å². The van der Waals surface area contributed by atoms with Gasteiger partial charge in [-0.25, -0.2) is 0 Å². The van der Waals surface area contributed by atoms with Gasteiger partial charge in [-0.05, 0) is 31.4 Å². The van der Waals surface area contributed by atoms with Crippen LogP contribution in [-0.2, 0) is 6.42 Å². The Bertz CT molecular complexity index is 566. The molecule has 0 saturated heterocycles. The summed E-state index contributed by atoms with van der Waals surface area (Å²) in [5.74, 6) is 0. The zero-order valence-electron chi connectivity index (χ0n) is 9.35. The van der Waals surface area contributed by atoms with E-state index >= 15 is 0 Å². The van der Waals surface area contributed by atoms with Crippen molar-refractivity contribution in [3.8, 4) is 0 Å². The summed E-state index contributed by atoms with van der Waals surface area (Å²) < 4.78 is 0. The molecule has 78 valence electrons. The number of aryl methyl sites for hydroxylation is 3. The van der Waals surface area contributed by atoms with Crippen LogP contribution in [0.25, 0.3) is 10.9 Å². The average Bonchev–Trinajstić information content (AvgIpc) is 2.23. The third-order valence-corrected chi connectivity index (χ3v) is 2.84. The summed E-state index contributed by atoms with van der Waals surface area (Å²) in [6, 6.07) is 5.75. The quantitative estimate of drug-likeness (QED) is 0.756. The van der Waals surface area contributed by atoms with E-state index in [1.54, 1.807) is 6.07 Å². The van der Waals surface area contributed by atoms with Crippen LogP contribution in [-0.4, -0.2) is 4.98 Å². The number of hydrogen-bond donors (Lipinski definition) is 1. The maximum atomic E-state index is 11.9. The molecule has 0 bridgehead atoms. The molecule has 1 aromatic carbocycles. The van der Waals surface area contributed by atoms with Gasteiger partial charge in [0.25, 0.3) is 0 Å². The zero-order chi connectivity index (χ0) is 11.0. The van der Waals surface area contributed by atoms with Crippen molar-refractivity contribution < 1.29 is 0 Å². The Morgan fingerprint density at radius 3 is 2.53 bits per heavy atom. The van der Waals surface area contributed by atoms with Gasteiger partial charge in [0.2, 0.25) is 0 Å². The van der Waals surface area contributed by atoms with E-state index in [2.05, 4.69) is 4.98 Å². The van der Waals surface area contributed by atoms with Crippen molar-refractivity contribution in [3.05, 3.63) is 45.2 Å². The van der Waals surface area contributed by atoms with Gasteiger partial charge in [-0.1, -0.05) is 19.1 Å². The lowest BCUT2D eigenvalue weighted by Gasteiger charge is -2.07. The fourth-order valence-electron chi connectivity index (χ4n) is 1.91. The molecular weight excluding hydrogens is 186 g/mol. The Morgan fingerprint density at radius 1 is 1.20 bits per heavy atom. The SMILES string of the molecule is CCc1cc(=O)c2c(C)ccc(C)c2[nH]1. The molecule has 0 aliphatic rings. The molecule has 0 radical (unpaired) electrons. The number of aromatic nitrogens is 1. The Balaban J connectivity index is 2.97. The summed E-state index contributed by atoms with van der Waals surface area (Å²) in [6.45, 7) is 6.04. The van der Waals surface area contributed by atoms with Gasteiger partial charge < -0.3 is 4.98 Å². The van der Waals surface area contributed by atoms with Crippen molar-refractivity contribution in [2.75, 3.05) is 0 Å². The normalized spacial score (nSPS) is 10.9. The van der Waals surface area contributed by atoms with Gasteiger partial charge in [0.1, 0.15) is 0 Å². The summed E-state index contributed by atoms with van der Waals surface area (Å²) in [5, 5.41) is 0.826. The minimum atomic E-state index is 0.127. The first-order valence-electron chi connectivity index (χ1n) is 5.25. The molecule has 0 aliphatic carbocycles. The molecule has 1 heterocycles. The molecule has 1 aromatic heterocycles. The highest BCUT2D eigenvalue weighted by atomic mass is 16.1. The highest BCUT2D eigenvalue weighted by Gasteiger charge is 2.05. The van der Waals surface area contributed by atoms with Crippen LogP contribution in [0.3, 0.4) is 0 Å². The Kier molecular flexibility index (Phi) is 2.35. The van der Waals surface area contributed by atoms with E-state index in [1.807, 2.05) is 32.9 Å². The minimum absolute atomic E-state index is 0.127. The topological polar surface area (TPSA) is 32.9 Å². The molecule has 0 saturated carbocycles. The Labute approximate surface area is 89.0 Å². The number of nitrogens with one attached hydrogen (secondary N) is 1. The lowest BCUT2D eigenvalue weighted by Crippen LogP contribution is -2.07. The number of hydrogen-bond acceptors (Lipinski definition) is 1. The number of fused-ring (bicyclic) bond motifs is 1. The Morgan fingerprint density at radius 2 is 1.87 bits per heavy atom. The first kappa shape index (κ1) is 9.97. The number of rotatable bonds is 1. The second kappa shape index (κ2) is 3.54. The van der Waals surface area contributed by atoms with E-state index < -0.39 is 0 Å². The molecule has 2 nitrogen and oxygen atoms in total. The van der Waals surface area contributed by atoms with Crippen LogP contribution < -0.4 is 5.43 Å². The zero-order valence-corrected chi connectivity index (χ0v) is 9.35. The largest absolute Gasteiger partial charge is 0.358 e. The molecule has 0 fully saturated rings. The van der Waals surface area contributed by atoms with Gasteiger partial charge in [-0.3, -0.25) is 4.79 Å². The molecule has 1 N–H and O–H groups in total. The molecule has 0 amide bonds. The van der Waals surface area contributed by atoms with Crippen LogP contribution in [0.15, 0.2) is 23.0 Å². The van der Waals surface area contributed by atoms with Crippen molar-refractivity contribution in [1.82, 2.24) is 4.98 Å². The summed E-state index contributed by atoms with van der Waals surface area (Å²) in [6.07, 6.45) is 0.860. The fraction of sp³-hybridized carbons (Fsp3) is 0.308. The van der Waals surface area contributed by atoms with E-state index in [-0.39, 0.29) is 5.43 Å². The molecule has 15 heavy (non-hydrogen) atoms. The molecule has 0 spiro atoms. The number of aromatic amines is 1. The Hall–Kier alpha value is -1.57. The number of benzene rings is 1. The predicted octanol–water partition coefficient (Wildman–Crippen LogP) is 2.71. The van der Waals surface area contributed by atoms with E-state index in [0.717, 1.165) is 34.1 Å². The predicted molar refractivity (Wildman–Crippen MR) is 63.4 cm³/mol. The van der Waals surface area contributed by atoms with Gasteiger partial charge in [-0.2, -0.15) is 0 Å². The molecule has 0 aliphatic heterocycles. The van der Waals surface area contributed by atoms with Crippen molar-refractivity contribution >= 4 is 10.9 Å². The maximum Gasteiger partial charge on any atom is 0.189 e. The van der Waals surface area contributed by atoms with Crippen LogP contribution >= 0.6 is 0 Å². The lowest BCUT2D eigenvalue weighted by atomic mass is 10.0. The highest BCUT2D eigenvalue weighted by molar-refractivity contribution is 5.84. The summed E-state index contributed by atoms with van der Waals surface area (Å²) in [5.41, 5.74) is 4.28. The standard InChI is InChI=1S/C13H15NO/c1-4-10-7-11(15)12-8(2)5-6-9(3)13(12)14-10/h5-7H,4H2,1-3H3,(H,14,15). The van der Waals surface area contributed by atoms with Gasteiger partial charge in [-0.15, -0.1) is 0 Å². The maximum absolute atomic E-state index is 11.9. The van der Waals surface area contributed by atoms with E-state index in [9.17, 15) is 4.79 Å². The van der Waals surface area contributed by atoms with E-state index in [1.165, 1.54) is 0 Å². The van der Waals surface area contributed by atoms with Crippen LogP contribution in [0.1, 0.15) is 23.7 Å². The average molecular weight is 201 g/mol. The first-order valence-corrected chi connectivity index (χ1v) is 5.25. The lowest BCUT2D eigenvalue weighted by molar-refractivity contribution is 1.05. The number of pyridine rings is 1. The summed E-state index contributed by atoms with van der Waals surface area (Å²) in [4.78, 5) is 15.2. The van der Waals surface area contributed by atoms with Crippen LogP contribution in [0.5, 0.6) is 0 Å². The van der Waals surface area contributed by atoms with Gasteiger partial charge in [0.05, 0.1) is 5.52 Å². The molecule has 2 heteroatoms. The summed E-state index contributed by atoms with van der Waals surface area (Å²) in [7, 11) is 0. The monoisotopic (exact) mass is 201 g/mol. The summed E-state index contributed by atoms with van der Waals surface area (Å²) >= 11 is 0. The first-order chi connectivity index (χ1) is 7.13. The van der Waals surface area contributed by atoms with E-state index in [4.69, 9.17) is 0 Å². The number of H-pyrrole nitrogens is 1. The van der Waals surface area contributed by atoms with E-state index in [0.29, 0.717) is 0 Å². The second-order valence-electron chi connectivity index (χ2n) is 3.96. The van der Waals surface area contributed by atoms with Gasteiger partial charge in [0, 0.05) is 17.1 Å². The van der Waals surface area contributed by atoms with Crippen LogP contribution in [0, 0.1) is 13.8 Å². The van der Waals surface area contributed by atoms with Crippen LogP contribution in [0.2, 0.25) is 0 Å². The van der Waals surface area contributed by atoms with Crippen molar-refractivity contribution in [1.29, 1.82) is 0 Å². The molecule has 2 aromatic rings. The van der Waals surface area contributed by atoms with Crippen LogP contribution in [0.4, 0.5) is 0 Å². The van der Waals surface area contributed by atoms with Gasteiger partial charge >= 0.3 is 0 Å². The molecule has 0 atom stereocenters. The fourth-order valence-corrected chi connectivity index (χ4v) is 1.91. The molecule has 0 unspecified atom stereocenters. The smallest absolute Gasteiger partial charge is 0.189 e. The molecular formula is C13H15NO. The third kappa shape index (κ3) is 1.56.